The van der Waals surface area contributed by atoms with Crippen LogP contribution in [0.1, 0.15) is 18.2 Å². The van der Waals surface area contributed by atoms with Crippen LogP contribution in [0.3, 0.4) is 0 Å². The van der Waals surface area contributed by atoms with E-state index in [1.54, 1.807) is 11.8 Å². The van der Waals surface area contributed by atoms with E-state index in [1.165, 1.54) is 5.39 Å². The first-order valence-electron chi connectivity index (χ1n) is 8.66. The van der Waals surface area contributed by atoms with E-state index < -0.39 is 0 Å². The quantitative estimate of drug-likeness (QED) is 0.513. The smallest absolute Gasteiger partial charge is 0.213 e. The lowest BCUT2D eigenvalue weighted by Crippen LogP contribution is -2.22. The van der Waals surface area contributed by atoms with Crippen LogP contribution >= 0.6 is 23.4 Å². The van der Waals surface area contributed by atoms with Crippen LogP contribution in [-0.4, -0.2) is 30.8 Å². The lowest BCUT2D eigenvalue weighted by atomic mass is 10.0. The van der Waals surface area contributed by atoms with Gasteiger partial charge in [-0.15, -0.1) is 10.2 Å². The molecule has 0 saturated heterocycles. The summed E-state index contributed by atoms with van der Waals surface area (Å²) in [5, 5.41) is 16.5. The van der Waals surface area contributed by atoms with Crippen molar-refractivity contribution < 1.29 is 0 Å². The Labute approximate surface area is 165 Å². The Morgan fingerprint density at radius 1 is 1.11 bits per heavy atom. The maximum Gasteiger partial charge on any atom is 0.213 e. The number of para-hydroxylation sites is 1. The molecule has 1 atom stereocenters. The highest BCUT2D eigenvalue weighted by Crippen LogP contribution is 2.35. The largest absolute Gasteiger partial charge is 0.358 e. The Morgan fingerprint density at radius 2 is 1.96 bits per heavy atom. The van der Waals surface area contributed by atoms with Gasteiger partial charge in [0.1, 0.15) is 0 Å². The van der Waals surface area contributed by atoms with Gasteiger partial charge in [-0.1, -0.05) is 53.7 Å². The fourth-order valence-corrected chi connectivity index (χ4v) is 4.60. The third kappa shape index (κ3) is 2.67. The molecule has 0 fully saturated rings. The van der Waals surface area contributed by atoms with Crippen LogP contribution in [0.25, 0.3) is 22.3 Å². The highest BCUT2D eigenvalue weighted by atomic mass is 35.5. The van der Waals surface area contributed by atoms with Gasteiger partial charge in [0.25, 0.3) is 0 Å². The summed E-state index contributed by atoms with van der Waals surface area (Å²) in [6.07, 6.45) is 0. The molecule has 4 aromatic rings. The molecule has 7 heteroatoms. The lowest BCUT2D eigenvalue weighted by Gasteiger charge is -2.20. The number of aromatic amines is 1. The second-order valence-electron chi connectivity index (χ2n) is 6.54. The van der Waals surface area contributed by atoms with Crippen LogP contribution in [-0.2, 0) is 0 Å². The van der Waals surface area contributed by atoms with Gasteiger partial charge in [0, 0.05) is 32.7 Å². The van der Waals surface area contributed by atoms with Crippen molar-refractivity contribution in [3.8, 4) is 11.4 Å². The van der Waals surface area contributed by atoms with E-state index in [2.05, 4.69) is 47.2 Å². The molecule has 2 aromatic carbocycles. The van der Waals surface area contributed by atoms with Gasteiger partial charge in [-0.05, 0) is 32.0 Å². The molecule has 5 rings (SSSR count). The van der Waals surface area contributed by atoms with Gasteiger partial charge in [-0.25, -0.2) is 0 Å². The fourth-order valence-electron chi connectivity index (χ4n) is 3.50. The van der Waals surface area contributed by atoms with Crippen molar-refractivity contribution in [3.63, 3.8) is 0 Å². The summed E-state index contributed by atoms with van der Waals surface area (Å²) in [5.74, 6) is 0.696. The lowest BCUT2D eigenvalue weighted by molar-refractivity contribution is 0.754. The number of fused-ring (bicyclic) bond motifs is 2. The summed E-state index contributed by atoms with van der Waals surface area (Å²) in [7, 11) is 0. The molecule has 1 aliphatic rings. The number of benzene rings is 2. The zero-order chi connectivity index (χ0) is 18.5. The molecule has 0 amide bonds. The van der Waals surface area contributed by atoms with Crippen LogP contribution in [0.5, 0.6) is 0 Å². The summed E-state index contributed by atoms with van der Waals surface area (Å²) < 4.78 is 1.83. The summed E-state index contributed by atoms with van der Waals surface area (Å²) in [6.45, 7) is 4.25. The molecule has 5 nitrogen and oxygen atoms in total. The molecule has 3 heterocycles. The zero-order valence-electron chi connectivity index (χ0n) is 14.8. The summed E-state index contributed by atoms with van der Waals surface area (Å²) in [6, 6.07) is 15.9. The molecule has 0 spiro atoms. The van der Waals surface area contributed by atoms with Crippen molar-refractivity contribution >= 4 is 40.0 Å². The first kappa shape index (κ1) is 16.6. The first-order chi connectivity index (χ1) is 13.1. The second-order valence-corrected chi connectivity index (χ2v) is 8.29. The van der Waals surface area contributed by atoms with Crippen molar-refractivity contribution in [2.45, 2.75) is 24.3 Å². The number of thioether (sulfide) groups is 1. The molecule has 2 aromatic heterocycles. The number of nitrogens with one attached hydrogen (secondary N) is 1. The third-order valence-electron chi connectivity index (χ3n) is 4.72. The Hall–Kier alpha value is -2.57. The zero-order valence-corrected chi connectivity index (χ0v) is 16.3. The molecular formula is C20H16ClN5S. The average molecular weight is 394 g/mol. The normalized spacial score (nSPS) is 16.4. The number of aryl methyl sites for hydroxylation is 1. The highest BCUT2D eigenvalue weighted by molar-refractivity contribution is 8.00. The van der Waals surface area contributed by atoms with E-state index in [0.29, 0.717) is 10.8 Å². The maximum atomic E-state index is 6.16. The SMILES string of the molecule is Cc1[nH]c2ccccc2c1C1=Nn2c(nnc2-c2cccc(Cl)c2)S[C@@H]1C. The predicted octanol–water partition coefficient (Wildman–Crippen LogP) is 5.13. The average Bonchev–Trinajstić information content (AvgIpc) is 3.20. The van der Waals surface area contributed by atoms with E-state index in [4.69, 9.17) is 16.7 Å². The minimum Gasteiger partial charge on any atom is -0.358 e. The predicted molar refractivity (Wildman–Crippen MR) is 111 cm³/mol. The van der Waals surface area contributed by atoms with Gasteiger partial charge in [0.05, 0.1) is 11.0 Å². The summed E-state index contributed by atoms with van der Waals surface area (Å²) >= 11 is 7.83. The van der Waals surface area contributed by atoms with E-state index in [9.17, 15) is 0 Å². The summed E-state index contributed by atoms with van der Waals surface area (Å²) in [4.78, 5) is 3.47. The molecule has 0 aliphatic carbocycles. The van der Waals surface area contributed by atoms with Crippen molar-refractivity contribution in [1.29, 1.82) is 0 Å². The van der Waals surface area contributed by atoms with Gasteiger partial charge in [0.2, 0.25) is 5.16 Å². The monoisotopic (exact) mass is 393 g/mol. The van der Waals surface area contributed by atoms with Gasteiger partial charge in [-0.2, -0.15) is 9.78 Å². The van der Waals surface area contributed by atoms with Crippen LogP contribution in [0, 0.1) is 6.92 Å². The Balaban J connectivity index is 1.71. The molecule has 0 saturated carbocycles. The number of hydrogen-bond acceptors (Lipinski definition) is 4. The van der Waals surface area contributed by atoms with E-state index in [1.807, 2.05) is 35.0 Å². The van der Waals surface area contributed by atoms with E-state index in [0.717, 1.165) is 33.2 Å². The van der Waals surface area contributed by atoms with Gasteiger partial charge in [-0.3, -0.25) is 0 Å². The van der Waals surface area contributed by atoms with Crippen LogP contribution in [0.2, 0.25) is 5.02 Å². The van der Waals surface area contributed by atoms with E-state index >= 15 is 0 Å². The molecule has 1 N–H and O–H groups in total. The van der Waals surface area contributed by atoms with Crippen molar-refractivity contribution in [2.24, 2.45) is 5.10 Å². The Morgan fingerprint density at radius 3 is 2.81 bits per heavy atom. The van der Waals surface area contributed by atoms with Crippen LogP contribution in [0.4, 0.5) is 0 Å². The second kappa shape index (κ2) is 6.25. The minimum atomic E-state index is 0.173. The Kier molecular flexibility index (Phi) is 3.84. The minimum absolute atomic E-state index is 0.173. The number of aromatic nitrogens is 4. The molecular weight excluding hydrogens is 378 g/mol. The van der Waals surface area contributed by atoms with E-state index in [-0.39, 0.29) is 5.25 Å². The number of nitrogens with zero attached hydrogens (tertiary/aromatic N) is 4. The molecule has 0 unspecified atom stereocenters. The molecule has 0 radical (unpaired) electrons. The van der Waals surface area contributed by atoms with Gasteiger partial charge < -0.3 is 4.98 Å². The highest BCUT2D eigenvalue weighted by Gasteiger charge is 2.28. The number of halogens is 1. The van der Waals surface area contributed by atoms with Crippen molar-refractivity contribution in [2.75, 3.05) is 0 Å². The van der Waals surface area contributed by atoms with Crippen LogP contribution < -0.4 is 0 Å². The first-order valence-corrected chi connectivity index (χ1v) is 9.92. The topological polar surface area (TPSA) is 58.9 Å². The molecule has 134 valence electrons. The van der Waals surface area contributed by atoms with Crippen LogP contribution in [0.15, 0.2) is 58.8 Å². The summed E-state index contributed by atoms with van der Waals surface area (Å²) in [5.41, 5.74) is 5.31. The maximum absolute atomic E-state index is 6.16. The van der Waals surface area contributed by atoms with Crippen molar-refractivity contribution in [3.05, 3.63) is 64.8 Å². The van der Waals surface area contributed by atoms with Gasteiger partial charge >= 0.3 is 0 Å². The fraction of sp³-hybridized carbons (Fsp3) is 0.150. The molecule has 0 bridgehead atoms. The third-order valence-corrected chi connectivity index (χ3v) is 6.00. The number of hydrogen-bond donors (Lipinski definition) is 1. The van der Waals surface area contributed by atoms with Crippen molar-refractivity contribution in [1.82, 2.24) is 19.9 Å². The number of H-pyrrole nitrogens is 1. The van der Waals surface area contributed by atoms with Gasteiger partial charge in [0.15, 0.2) is 5.82 Å². The molecule has 27 heavy (non-hydrogen) atoms. The standard InChI is InChI=1S/C20H16ClN5S/c1-11-17(15-8-3-4-9-16(15)22-11)18-12(2)27-20-24-23-19(26(20)25-18)13-6-5-7-14(21)10-13/h3-10,12,22H,1-2H3/t12-/m1/s1. The number of rotatable bonds is 2. The molecule has 1 aliphatic heterocycles. The Bertz CT molecular complexity index is 1210.